The molecule has 5 heteroatoms. The lowest BCUT2D eigenvalue weighted by atomic mass is 10.1. The Balaban J connectivity index is 1.54. The van der Waals surface area contributed by atoms with Crippen LogP contribution in [0, 0.1) is 6.92 Å². The van der Waals surface area contributed by atoms with Gasteiger partial charge in [-0.1, -0.05) is 41.2 Å². The third kappa shape index (κ3) is 2.51. The first-order chi connectivity index (χ1) is 12.7. The Morgan fingerprint density at radius 2 is 1.85 bits per heavy atom. The minimum Gasteiger partial charge on any atom is -0.339 e. The van der Waals surface area contributed by atoms with E-state index in [9.17, 15) is 4.79 Å². The number of hydrogen-bond donors (Lipinski definition) is 0. The molecule has 0 unspecified atom stereocenters. The highest BCUT2D eigenvalue weighted by atomic mass is 32.1. The zero-order chi connectivity index (χ0) is 17.7. The molecule has 0 saturated carbocycles. The largest absolute Gasteiger partial charge is 0.339 e. The summed E-state index contributed by atoms with van der Waals surface area (Å²) in [4.78, 5) is 20.3. The van der Waals surface area contributed by atoms with Gasteiger partial charge in [0.2, 0.25) is 0 Å². The minimum atomic E-state index is 0.149. The van der Waals surface area contributed by atoms with Crippen LogP contribution in [0.3, 0.4) is 0 Å². The van der Waals surface area contributed by atoms with Gasteiger partial charge in [0.1, 0.15) is 0 Å². The first kappa shape index (κ1) is 15.6. The zero-order valence-corrected chi connectivity index (χ0v) is 15.4. The van der Waals surface area contributed by atoms with Crippen LogP contribution >= 0.6 is 11.3 Å². The summed E-state index contributed by atoms with van der Waals surface area (Å²) in [5, 5.41) is 0. The number of benzene rings is 2. The molecule has 26 heavy (non-hydrogen) atoms. The van der Waals surface area contributed by atoms with Crippen LogP contribution in [0.2, 0.25) is 0 Å². The van der Waals surface area contributed by atoms with Crippen LogP contribution in [-0.2, 0) is 0 Å². The first-order valence-electron chi connectivity index (χ1n) is 8.97. The number of nitrogens with zero attached hydrogens (tertiary/aromatic N) is 3. The Kier molecular flexibility index (Phi) is 3.57. The second-order valence-corrected chi connectivity index (χ2v) is 7.94. The van der Waals surface area contributed by atoms with E-state index < -0.39 is 0 Å². The van der Waals surface area contributed by atoms with Crippen LogP contribution < -0.4 is 0 Å². The summed E-state index contributed by atoms with van der Waals surface area (Å²) in [5.74, 6) is 0.149. The number of carbonyl (C=O) groups is 1. The van der Waals surface area contributed by atoms with Crippen molar-refractivity contribution in [3.8, 4) is 11.3 Å². The number of thiazole rings is 1. The number of rotatable bonds is 2. The molecular weight excluding hydrogens is 342 g/mol. The number of fused-ring (bicyclic) bond motifs is 3. The molecule has 130 valence electrons. The average molecular weight is 361 g/mol. The van der Waals surface area contributed by atoms with Crippen LogP contribution in [0.4, 0.5) is 0 Å². The van der Waals surface area contributed by atoms with Gasteiger partial charge in [-0.15, -0.1) is 0 Å². The van der Waals surface area contributed by atoms with Crippen molar-refractivity contribution in [2.75, 3.05) is 13.1 Å². The van der Waals surface area contributed by atoms with Crippen molar-refractivity contribution in [3.63, 3.8) is 0 Å². The SMILES string of the molecule is Cc1ccc(-c2cn3c(n2)sc2cc(C(=O)N4CCCC4)ccc23)cc1. The van der Waals surface area contributed by atoms with Crippen LogP contribution in [0.25, 0.3) is 26.4 Å². The Labute approximate surface area is 155 Å². The molecule has 0 bridgehead atoms. The number of aryl methyl sites for hydroxylation is 1. The van der Waals surface area contributed by atoms with Crippen molar-refractivity contribution in [3.05, 3.63) is 59.8 Å². The number of aromatic nitrogens is 2. The molecule has 0 spiro atoms. The molecule has 3 heterocycles. The minimum absolute atomic E-state index is 0.149. The fourth-order valence-electron chi connectivity index (χ4n) is 3.60. The molecule has 1 fully saturated rings. The summed E-state index contributed by atoms with van der Waals surface area (Å²) in [6.07, 6.45) is 4.31. The summed E-state index contributed by atoms with van der Waals surface area (Å²) in [7, 11) is 0. The van der Waals surface area contributed by atoms with Gasteiger partial charge in [-0.2, -0.15) is 0 Å². The van der Waals surface area contributed by atoms with E-state index in [-0.39, 0.29) is 5.91 Å². The van der Waals surface area contributed by atoms with Crippen molar-refractivity contribution in [2.24, 2.45) is 0 Å². The van der Waals surface area contributed by atoms with Gasteiger partial charge in [0.05, 0.1) is 15.9 Å². The fraction of sp³-hybridized carbons (Fsp3) is 0.238. The highest BCUT2D eigenvalue weighted by Crippen LogP contribution is 2.30. The Bertz CT molecular complexity index is 1120. The molecule has 1 saturated heterocycles. The van der Waals surface area contributed by atoms with Gasteiger partial charge in [0.25, 0.3) is 5.91 Å². The van der Waals surface area contributed by atoms with Crippen molar-refractivity contribution in [1.82, 2.24) is 14.3 Å². The van der Waals surface area contributed by atoms with E-state index in [0.717, 1.165) is 57.9 Å². The summed E-state index contributed by atoms with van der Waals surface area (Å²) in [5.41, 5.74) is 5.24. The van der Waals surface area contributed by atoms with Gasteiger partial charge >= 0.3 is 0 Å². The number of carbonyl (C=O) groups excluding carboxylic acids is 1. The van der Waals surface area contributed by atoms with Gasteiger partial charge in [-0.25, -0.2) is 4.98 Å². The van der Waals surface area contributed by atoms with E-state index in [1.54, 1.807) is 11.3 Å². The van der Waals surface area contributed by atoms with Gasteiger partial charge in [0.15, 0.2) is 4.96 Å². The number of hydrogen-bond acceptors (Lipinski definition) is 3. The van der Waals surface area contributed by atoms with E-state index in [1.807, 2.05) is 23.1 Å². The van der Waals surface area contributed by atoms with E-state index >= 15 is 0 Å². The maximum Gasteiger partial charge on any atom is 0.253 e. The fourth-order valence-corrected chi connectivity index (χ4v) is 4.65. The zero-order valence-electron chi connectivity index (χ0n) is 14.6. The van der Waals surface area contributed by atoms with Gasteiger partial charge < -0.3 is 4.90 Å². The third-order valence-electron chi connectivity index (χ3n) is 5.08. The highest BCUT2D eigenvalue weighted by molar-refractivity contribution is 7.23. The summed E-state index contributed by atoms with van der Waals surface area (Å²) >= 11 is 1.64. The van der Waals surface area contributed by atoms with Crippen molar-refractivity contribution in [1.29, 1.82) is 0 Å². The van der Waals surface area contributed by atoms with Crippen molar-refractivity contribution in [2.45, 2.75) is 19.8 Å². The monoisotopic (exact) mass is 361 g/mol. The molecule has 0 radical (unpaired) electrons. The van der Waals surface area contributed by atoms with Crippen LogP contribution in [-0.4, -0.2) is 33.3 Å². The van der Waals surface area contributed by atoms with Crippen LogP contribution in [0.5, 0.6) is 0 Å². The van der Waals surface area contributed by atoms with Gasteiger partial charge in [-0.05, 0) is 38.0 Å². The molecule has 4 nitrogen and oxygen atoms in total. The van der Waals surface area contributed by atoms with Crippen LogP contribution in [0.15, 0.2) is 48.7 Å². The Morgan fingerprint density at radius 3 is 2.62 bits per heavy atom. The molecule has 2 aromatic carbocycles. The topological polar surface area (TPSA) is 37.6 Å². The smallest absolute Gasteiger partial charge is 0.253 e. The molecule has 2 aromatic heterocycles. The molecule has 1 aliphatic heterocycles. The molecule has 1 aliphatic rings. The second-order valence-electron chi connectivity index (χ2n) is 6.93. The van der Waals surface area contributed by atoms with E-state index in [4.69, 9.17) is 4.98 Å². The molecule has 0 aliphatic carbocycles. The molecule has 0 N–H and O–H groups in total. The molecule has 0 atom stereocenters. The Morgan fingerprint density at radius 1 is 1.08 bits per heavy atom. The van der Waals surface area contributed by atoms with E-state index in [1.165, 1.54) is 5.56 Å². The normalized spacial score (nSPS) is 14.6. The summed E-state index contributed by atoms with van der Waals surface area (Å²) in [6.45, 7) is 3.85. The highest BCUT2D eigenvalue weighted by Gasteiger charge is 2.20. The van der Waals surface area contributed by atoms with Gasteiger partial charge in [-0.3, -0.25) is 9.20 Å². The van der Waals surface area contributed by atoms with Crippen molar-refractivity contribution >= 4 is 32.4 Å². The number of imidazole rings is 1. The average Bonchev–Trinajstić information content (AvgIpc) is 3.37. The third-order valence-corrected chi connectivity index (χ3v) is 6.10. The second kappa shape index (κ2) is 5.95. The lowest BCUT2D eigenvalue weighted by molar-refractivity contribution is 0.0793. The lowest BCUT2D eigenvalue weighted by Crippen LogP contribution is -2.27. The summed E-state index contributed by atoms with van der Waals surface area (Å²) in [6, 6.07) is 14.4. The van der Waals surface area contributed by atoms with Crippen molar-refractivity contribution < 1.29 is 4.79 Å². The Hall–Kier alpha value is -2.66. The maximum absolute atomic E-state index is 12.6. The van der Waals surface area contributed by atoms with Gasteiger partial charge in [0, 0.05) is 30.4 Å². The predicted octanol–water partition coefficient (Wildman–Crippen LogP) is 4.76. The molecule has 1 amide bonds. The maximum atomic E-state index is 12.6. The summed E-state index contributed by atoms with van der Waals surface area (Å²) < 4.78 is 3.23. The number of likely N-dealkylation sites (tertiary alicyclic amines) is 1. The lowest BCUT2D eigenvalue weighted by Gasteiger charge is -2.14. The molecular formula is C21H19N3OS. The molecule has 4 aromatic rings. The number of amides is 1. The standard InChI is InChI=1S/C21H19N3OS/c1-14-4-6-15(7-5-14)17-13-24-18-9-8-16(12-19(18)26-21(24)22-17)20(25)23-10-2-3-11-23/h4-9,12-13H,2-3,10-11H2,1H3. The van der Waals surface area contributed by atoms with E-state index in [2.05, 4.69) is 41.8 Å². The quantitative estimate of drug-likeness (QED) is 0.516. The van der Waals surface area contributed by atoms with E-state index in [0.29, 0.717) is 0 Å². The molecule has 5 rings (SSSR count). The predicted molar refractivity (Wildman–Crippen MR) is 106 cm³/mol. The first-order valence-corrected chi connectivity index (χ1v) is 9.79. The van der Waals surface area contributed by atoms with Crippen LogP contribution in [0.1, 0.15) is 28.8 Å².